The molecular weight excluding hydrogens is 404 g/mol. The lowest BCUT2D eigenvalue weighted by Crippen LogP contribution is -2.37. The Balaban J connectivity index is 1.51. The lowest BCUT2D eigenvalue weighted by Gasteiger charge is -2.37. The van der Waals surface area contributed by atoms with Gasteiger partial charge >= 0.3 is 0 Å². The second-order valence-corrected chi connectivity index (χ2v) is 7.51. The molecule has 31 heavy (non-hydrogen) atoms. The van der Waals surface area contributed by atoms with Gasteiger partial charge in [0.05, 0.1) is 5.69 Å². The van der Waals surface area contributed by atoms with E-state index in [1.165, 1.54) is 48.9 Å². The van der Waals surface area contributed by atoms with Gasteiger partial charge in [0.1, 0.15) is 17.7 Å². The molecule has 3 aromatic rings. The van der Waals surface area contributed by atoms with Crippen LogP contribution < -0.4 is 11.1 Å². The molecule has 1 amide bonds. The van der Waals surface area contributed by atoms with Crippen molar-refractivity contribution in [3.8, 4) is 16.9 Å². The van der Waals surface area contributed by atoms with Crippen molar-refractivity contribution in [2.75, 3.05) is 11.9 Å². The molecule has 2 heterocycles. The van der Waals surface area contributed by atoms with E-state index in [0.717, 1.165) is 0 Å². The highest BCUT2D eigenvalue weighted by Gasteiger charge is 2.39. The van der Waals surface area contributed by atoms with Crippen LogP contribution in [0.2, 0.25) is 0 Å². The van der Waals surface area contributed by atoms with Crippen LogP contribution in [0.1, 0.15) is 34.8 Å². The third kappa shape index (κ3) is 4.30. The number of aromatic hydroxyl groups is 1. The maximum atomic E-state index is 14.3. The molecule has 1 aliphatic carbocycles. The number of hydrogen-bond acceptors (Lipinski definition) is 6. The van der Waals surface area contributed by atoms with Gasteiger partial charge in [-0.1, -0.05) is 0 Å². The Morgan fingerprint density at radius 1 is 1.23 bits per heavy atom. The lowest BCUT2D eigenvalue weighted by molar-refractivity contribution is 0.0893. The molecule has 0 radical (unpaired) electrons. The molecule has 2 aromatic heterocycles. The standard InChI is InChI=1S/C22H21F2N5O2/c23-17-5-4-14(17)16(20-18(24)2-1-7-26-20)11-29-22-27-9-13(10-28-22)15-8-12(21(25)31)3-6-19(15)30/h1-3,6-10,14,16-17,30H,4-5,11H2,(H2,25,31)(H,27,28,29)/t14?,16-,17-/m0/s1. The van der Waals surface area contributed by atoms with Crippen LogP contribution in [0.15, 0.2) is 48.9 Å². The molecule has 1 aliphatic rings. The number of nitrogens with one attached hydrogen (secondary N) is 1. The lowest BCUT2D eigenvalue weighted by atomic mass is 9.72. The smallest absolute Gasteiger partial charge is 0.248 e. The largest absolute Gasteiger partial charge is 0.507 e. The maximum Gasteiger partial charge on any atom is 0.248 e. The molecule has 4 rings (SSSR count). The highest BCUT2D eigenvalue weighted by atomic mass is 19.1. The predicted molar refractivity (Wildman–Crippen MR) is 111 cm³/mol. The van der Waals surface area contributed by atoms with Gasteiger partial charge in [-0.25, -0.2) is 18.7 Å². The minimum atomic E-state index is -0.989. The van der Waals surface area contributed by atoms with Gasteiger partial charge in [-0.3, -0.25) is 9.78 Å². The summed E-state index contributed by atoms with van der Waals surface area (Å²) < 4.78 is 28.4. The Kier molecular flexibility index (Phi) is 5.75. The average Bonchev–Trinajstić information content (AvgIpc) is 2.76. The number of amides is 1. The number of carbonyl (C=O) groups is 1. The summed E-state index contributed by atoms with van der Waals surface area (Å²) in [4.78, 5) is 24.0. The van der Waals surface area contributed by atoms with Crippen molar-refractivity contribution in [1.29, 1.82) is 0 Å². The van der Waals surface area contributed by atoms with E-state index < -0.39 is 23.8 Å². The molecular formula is C22H21F2N5O2. The van der Waals surface area contributed by atoms with Gasteiger partial charge in [-0.2, -0.15) is 0 Å². The number of phenolic OH excluding ortho intramolecular Hbond substituents is 1. The van der Waals surface area contributed by atoms with Crippen molar-refractivity contribution in [3.05, 3.63) is 66.0 Å². The zero-order valence-electron chi connectivity index (χ0n) is 16.5. The van der Waals surface area contributed by atoms with Gasteiger partial charge in [0, 0.05) is 53.7 Å². The molecule has 1 unspecified atom stereocenters. The van der Waals surface area contributed by atoms with Gasteiger partial charge in [0.15, 0.2) is 0 Å². The molecule has 0 aliphatic heterocycles. The fraction of sp³-hybridized carbons (Fsp3) is 0.273. The zero-order valence-corrected chi connectivity index (χ0v) is 16.5. The Morgan fingerprint density at radius 3 is 2.61 bits per heavy atom. The Morgan fingerprint density at radius 2 is 2.00 bits per heavy atom. The number of carbonyl (C=O) groups excluding carboxylic acids is 1. The molecule has 9 heteroatoms. The SMILES string of the molecule is NC(=O)c1ccc(O)c(-c2cnc(NC[C@H](c3ncccc3F)C3CC[C@@H]3F)nc2)c1. The average molecular weight is 425 g/mol. The fourth-order valence-corrected chi connectivity index (χ4v) is 3.74. The van der Waals surface area contributed by atoms with Crippen LogP contribution in [0.5, 0.6) is 5.75 Å². The molecule has 160 valence electrons. The predicted octanol–water partition coefficient (Wildman–Crippen LogP) is 3.43. The van der Waals surface area contributed by atoms with Gasteiger partial charge < -0.3 is 16.2 Å². The van der Waals surface area contributed by atoms with Gasteiger partial charge in [-0.15, -0.1) is 0 Å². The summed E-state index contributed by atoms with van der Waals surface area (Å²) in [6, 6.07) is 7.08. The van der Waals surface area contributed by atoms with Crippen LogP contribution in [0.4, 0.5) is 14.7 Å². The Bertz CT molecular complexity index is 1090. The first kappa shape index (κ1) is 20.6. The number of aromatic nitrogens is 3. The molecule has 4 N–H and O–H groups in total. The number of hydrogen-bond donors (Lipinski definition) is 3. The highest BCUT2D eigenvalue weighted by Crippen LogP contribution is 2.41. The number of alkyl halides is 1. The molecule has 1 fully saturated rings. The molecule has 0 bridgehead atoms. The third-order valence-corrected chi connectivity index (χ3v) is 5.62. The van der Waals surface area contributed by atoms with E-state index in [9.17, 15) is 18.7 Å². The van der Waals surface area contributed by atoms with Crippen LogP contribution in [0.25, 0.3) is 11.1 Å². The van der Waals surface area contributed by atoms with E-state index in [0.29, 0.717) is 24.0 Å². The van der Waals surface area contributed by atoms with E-state index in [2.05, 4.69) is 20.3 Å². The normalized spacial score (nSPS) is 18.8. The van der Waals surface area contributed by atoms with Crippen molar-refractivity contribution < 1.29 is 18.7 Å². The molecule has 0 spiro atoms. The molecule has 7 nitrogen and oxygen atoms in total. The van der Waals surface area contributed by atoms with Crippen molar-refractivity contribution in [1.82, 2.24) is 15.0 Å². The first-order valence-corrected chi connectivity index (χ1v) is 9.87. The summed E-state index contributed by atoms with van der Waals surface area (Å²) in [5.41, 5.74) is 6.62. The van der Waals surface area contributed by atoms with E-state index in [1.807, 2.05) is 0 Å². The Hall–Kier alpha value is -3.62. The second kappa shape index (κ2) is 8.63. The van der Waals surface area contributed by atoms with Crippen LogP contribution in [0.3, 0.4) is 0 Å². The summed E-state index contributed by atoms with van der Waals surface area (Å²) >= 11 is 0. The molecule has 0 saturated heterocycles. The monoisotopic (exact) mass is 425 g/mol. The number of benzene rings is 1. The third-order valence-electron chi connectivity index (χ3n) is 5.62. The number of pyridine rings is 1. The number of nitrogens with two attached hydrogens (primary N) is 1. The Labute approximate surface area is 177 Å². The highest BCUT2D eigenvalue weighted by molar-refractivity contribution is 5.94. The van der Waals surface area contributed by atoms with Crippen molar-refractivity contribution in [3.63, 3.8) is 0 Å². The van der Waals surface area contributed by atoms with Crippen LogP contribution in [-0.4, -0.2) is 38.7 Å². The summed E-state index contributed by atoms with van der Waals surface area (Å²) in [7, 11) is 0. The summed E-state index contributed by atoms with van der Waals surface area (Å²) in [5, 5.41) is 13.1. The first-order valence-electron chi connectivity index (χ1n) is 9.87. The van der Waals surface area contributed by atoms with E-state index in [4.69, 9.17) is 5.73 Å². The van der Waals surface area contributed by atoms with Gasteiger partial charge in [0.2, 0.25) is 11.9 Å². The number of anilines is 1. The van der Waals surface area contributed by atoms with Gasteiger partial charge in [0.25, 0.3) is 0 Å². The number of primary amides is 1. The molecule has 3 atom stereocenters. The van der Waals surface area contributed by atoms with Crippen molar-refractivity contribution in [2.24, 2.45) is 11.7 Å². The summed E-state index contributed by atoms with van der Waals surface area (Å²) in [6.07, 6.45) is 4.60. The van der Waals surface area contributed by atoms with Crippen molar-refractivity contribution >= 4 is 11.9 Å². The quantitative estimate of drug-likeness (QED) is 0.534. The second-order valence-electron chi connectivity index (χ2n) is 7.51. The number of rotatable bonds is 7. The summed E-state index contributed by atoms with van der Waals surface area (Å²) in [6.45, 7) is 0.223. The van der Waals surface area contributed by atoms with Crippen molar-refractivity contribution in [2.45, 2.75) is 24.9 Å². The summed E-state index contributed by atoms with van der Waals surface area (Å²) in [5.74, 6) is -1.62. The topological polar surface area (TPSA) is 114 Å². The van der Waals surface area contributed by atoms with Gasteiger partial charge in [-0.05, 0) is 43.2 Å². The van der Waals surface area contributed by atoms with Crippen LogP contribution >= 0.6 is 0 Å². The maximum absolute atomic E-state index is 14.3. The fourth-order valence-electron chi connectivity index (χ4n) is 3.74. The minimum Gasteiger partial charge on any atom is -0.507 e. The van der Waals surface area contributed by atoms with E-state index >= 15 is 0 Å². The molecule has 1 aromatic carbocycles. The van der Waals surface area contributed by atoms with E-state index in [-0.39, 0.29) is 35.4 Å². The van der Waals surface area contributed by atoms with Crippen LogP contribution in [-0.2, 0) is 0 Å². The zero-order chi connectivity index (χ0) is 22.0. The number of halogens is 2. The minimum absolute atomic E-state index is 0.0426. The number of nitrogens with zero attached hydrogens (tertiary/aromatic N) is 3. The van der Waals surface area contributed by atoms with E-state index in [1.54, 1.807) is 0 Å². The van der Waals surface area contributed by atoms with Crippen LogP contribution in [0, 0.1) is 11.7 Å². The molecule has 1 saturated carbocycles. The number of phenols is 1. The first-order chi connectivity index (χ1) is 14.9.